The summed E-state index contributed by atoms with van der Waals surface area (Å²) in [6.07, 6.45) is 11.1. The van der Waals surface area contributed by atoms with Crippen LogP contribution in [-0.4, -0.2) is 54.8 Å². The van der Waals surface area contributed by atoms with Crippen LogP contribution in [0.15, 0.2) is 37.1 Å². The SMILES string of the molecule is CC[C@H]1CCCN(c2ccnc3[nH]cc(-c4ccncn4)c23)C1.COCC[Si](C)(C)C. The summed E-state index contributed by atoms with van der Waals surface area (Å²) in [4.78, 5) is 18.7. The Morgan fingerprint density at radius 2 is 2.03 bits per heavy atom. The molecular weight excluding hydrogens is 402 g/mol. The number of anilines is 1. The van der Waals surface area contributed by atoms with Gasteiger partial charge in [0.1, 0.15) is 12.0 Å². The fourth-order valence-electron chi connectivity index (χ4n) is 3.98. The second-order valence-corrected chi connectivity index (χ2v) is 15.1. The number of nitrogens with zero attached hydrogens (tertiary/aromatic N) is 4. The Morgan fingerprint density at radius 3 is 2.68 bits per heavy atom. The second kappa shape index (κ2) is 10.9. The molecule has 31 heavy (non-hydrogen) atoms. The van der Waals surface area contributed by atoms with E-state index in [4.69, 9.17) is 4.74 Å². The molecule has 0 radical (unpaired) electrons. The summed E-state index contributed by atoms with van der Waals surface area (Å²) >= 11 is 0. The minimum absolute atomic E-state index is 0.786. The number of aromatic nitrogens is 4. The van der Waals surface area contributed by atoms with E-state index in [0.29, 0.717) is 0 Å². The van der Waals surface area contributed by atoms with Crippen molar-refractivity contribution in [1.29, 1.82) is 0 Å². The van der Waals surface area contributed by atoms with E-state index in [2.05, 4.69) is 57.5 Å². The fraction of sp³-hybridized carbons (Fsp3) is 0.542. The minimum atomic E-state index is -0.803. The number of H-pyrrole nitrogens is 1. The molecule has 1 N–H and O–H groups in total. The van der Waals surface area contributed by atoms with E-state index in [-0.39, 0.29) is 0 Å². The summed E-state index contributed by atoms with van der Waals surface area (Å²) in [5.74, 6) is 0.786. The molecule has 4 rings (SSSR count). The summed E-state index contributed by atoms with van der Waals surface area (Å²) in [5.41, 5.74) is 4.23. The summed E-state index contributed by atoms with van der Waals surface area (Å²) in [5, 5.41) is 1.17. The smallest absolute Gasteiger partial charge is 0.140 e. The van der Waals surface area contributed by atoms with E-state index in [0.717, 1.165) is 42.5 Å². The Balaban J connectivity index is 0.000000293. The first kappa shape index (κ1) is 23.4. The van der Waals surface area contributed by atoms with Crippen LogP contribution in [0.5, 0.6) is 0 Å². The van der Waals surface area contributed by atoms with Gasteiger partial charge in [-0.15, -0.1) is 0 Å². The lowest BCUT2D eigenvalue weighted by Crippen LogP contribution is -2.35. The lowest BCUT2D eigenvalue weighted by Gasteiger charge is -2.34. The molecule has 1 atom stereocenters. The van der Waals surface area contributed by atoms with Crippen LogP contribution >= 0.6 is 0 Å². The predicted molar refractivity (Wildman–Crippen MR) is 132 cm³/mol. The number of hydrogen-bond acceptors (Lipinski definition) is 5. The largest absolute Gasteiger partial charge is 0.385 e. The highest BCUT2D eigenvalue weighted by atomic mass is 28.3. The zero-order valence-corrected chi connectivity index (χ0v) is 20.7. The van der Waals surface area contributed by atoms with Crippen molar-refractivity contribution in [3.63, 3.8) is 0 Å². The third-order valence-electron chi connectivity index (χ3n) is 5.90. The quantitative estimate of drug-likeness (QED) is 0.505. The standard InChI is InChI=1S/C18H21N5.C6H16OSi/c1-2-13-4-3-9-23(11-13)16-6-8-20-18-17(16)14(10-21-18)15-5-7-19-12-22-15;1-7-5-6-8(2,3)4/h5-8,10,12-13H,2-4,9,11H2,1H3,(H,20,21);5-6H2,1-4H3/t13-;/m0./s1. The van der Waals surface area contributed by atoms with Gasteiger partial charge in [0.2, 0.25) is 0 Å². The second-order valence-electron chi connectivity index (χ2n) is 9.52. The van der Waals surface area contributed by atoms with Gasteiger partial charge in [-0.2, -0.15) is 0 Å². The minimum Gasteiger partial charge on any atom is -0.385 e. The first-order valence-corrected chi connectivity index (χ1v) is 15.1. The molecule has 3 aromatic rings. The van der Waals surface area contributed by atoms with Gasteiger partial charge < -0.3 is 14.6 Å². The molecule has 0 aliphatic carbocycles. The maximum absolute atomic E-state index is 4.95. The van der Waals surface area contributed by atoms with E-state index < -0.39 is 8.07 Å². The lowest BCUT2D eigenvalue weighted by molar-refractivity contribution is 0.214. The fourth-order valence-corrected chi connectivity index (χ4v) is 4.80. The Labute approximate surface area is 187 Å². The summed E-state index contributed by atoms with van der Waals surface area (Å²) in [6.45, 7) is 12.5. The molecule has 4 heterocycles. The Hall–Kier alpha value is -2.25. The zero-order chi connectivity index (χ0) is 22.3. The predicted octanol–water partition coefficient (Wildman–Crippen LogP) is 5.62. The molecule has 0 bridgehead atoms. The molecule has 1 aliphatic heterocycles. The number of rotatable bonds is 6. The van der Waals surface area contributed by atoms with Gasteiger partial charge in [-0.1, -0.05) is 33.0 Å². The first-order chi connectivity index (χ1) is 14.9. The third-order valence-corrected chi connectivity index (χ3v) is 7.61. The van der Waals surface area contributed by atoms with Crippen molar-refractivity contribution in [2.45, 2.75) is 51.9 Å². The number of aromatic amines is 1. The van der Waals surface area contributed by atoms with Crippen molar-refractivity contribution in [1.82, 2.24) is 19.9 Å². The van der Waals surface area contributed by atoms with Crippen LogP contribution in [0.25, 0.3) is 22.3 Å². The van der Waals surface area contributed by atoms with E-state index >= 15 is 0 Å². The molecule has 6 nitrogen and oxygen atoms in total. The molecule has 1 fully saturated rings. The van der Waals surface area contributed by atoms with E-state index in [1.54, 1.807) is 19.6 Å². The van der Waals surface area contributed by atoms with Crippen LogP contribution in [0.3, 0.4) is 0 Å². The van der Waals surface area contributed by atoms with E-state index in [9.17, 15) is 0 Å². The average Bonchev–Trinajstić information content (AvgIpc) is 3.22. The van der Waals surface area contributed by atoms with Crippen molar-refractivity contribution in [2.75, 3.05) is 31.7 Å². The molecule has 168 valence electrons. The number of pyridine rings is 1. The Morgan fingerprint density at radius 1 is 1.19 bits per heavy atom. The maximum atomic E-state index is 4.95. The molecular formula is C24H37N5OSi. The summed E-state index contributed by atoms with van der Waals surface area (Å²) in [7, 11) is 0.961. The van der Waals surface area contributed by atoms with Gasteiger partial charge in [-0.25, -0.2) is 15.0 Å². The third kappa shape index (κ3) is 6.37. The van der Waals surface area contributed by atoms with Crippen LogP contribution in [0.2, 0.25) is 25.7 Å². The topological polar surface area (TPSA) is 66.9 Å². The molecule has 1 saturated heterocycles. The van der Waals surface area contributed by atoms with Crippen LogP contribution in [0.1, 0.15) is 26.2 Å². The first-order valence-electron chi connectivity index (χ1n) is 11.4. The molecule has 0 aromatic carbocycles. The molecule has 1 aliphatic rings. The number of piperidine rings is 1. The van der Waals surface area contributed by atoms with Crippen LogP contribution in [0, 0.1) is 5.92 Å². The number of methoxy groups -OCH3 is 1. The summed E-state index contributed by atoms with van der Waals surface area (Å²) < 4.78 is 4.95. The van der Waals surface area contributed by atoms with Gasteiger partial charge >= 0.3 is 0 Å². The van der Waals surface area contributed by atoms with Gasteiger partial charge in [0, 0.05) is 64.7 Å². The van der Waals surface area contributed by atoms with Crippen molar-refractivity contribution < 1.29 is 4.74 Å². The van der Waals surface area contributed by atoms with E-state index in [1.807, 2.05) is 18.5 Å². The molecule has 3 aromatic heterocycles. The number of hydrogen-bond donors (Lipinski definition) is 1. The average molecular weight is 440 g/mol. The van der Waals surface area contributed by atoms with Crippen molar-refractivity contribution in [3.05, 3.63) is 37.1 Å². The van der Waals surface area contributed by atoms with Crippen molar-refractivity contribution in [3.8, 4) is 11.3 Å². The van der Waals surface area contributed by atoms with Crippen molar-refractivity contribution >= 4 is 24.8 Å². The van der Waals surface area contributed by atoms with E-state index in [1.165, 1.54) is 36.4 Å². The Bertz CT molecular complexity index is 938. The number of nitrogens with one attached hydrogen (secondary N) is 1. The summed E-state index contributed by atoms with van der Waals surface area (Å²) in [6, 6.07) is 5.37. The van der Waals surface area contributed by atoms with Gasteiger partial charge in [0.15, 0.2) is 0 Å². The molecule has 7 heteroatoms. The highest BCUT2D eigenvalue weighted by molar-refractivity contribution is 6.76. The monoisotopic (exact) mass is 439 g/mol. The van der Waals surface area contributed by atoms with Gasteiger partial charge in [0.25, 0.3) is 0 Å². The number of fused-ring (bicyclic) bond motifs is 1. The van der Waals surface area contributed by atoms with Gasteiger partial charge in [-0.05, 0) is 36.9 Å². The van der Waals surface area contributed by atoms with Crippen LogP contribution in [-0.2, 0) is 4.74 Å². The number of ether oxygens (including phenoxy) is 1. The molecule has 0 spiro atoms. The van der Waals surface area contributed by atoms with Gasteiger partial charge in [0.05, 0.1) is 11.1 Å². The van der Waals surface area contributed by atoms with Crippen LogP contribution < -0.4 is 4.90 Å². The molecule has 0 unspecified atom stereocenters. The maximum Gasteiger partial charge on any atom is 0.140 e. The Kier molecular flexibility index (Phi) is 8.20. The lowest BCUT2D eigenvalue weighted by atomic mass is 9.95. The molecule has 0 saturated carbocycles. The highest BCUT2D eigenvalue weighted by Crippen LogP contribution is 2.35. The van der Waals surface area contributed by atoms with Crippen LogP contribution in [0.4, 0.5) is 5.69 Å². The van der Waals surface area contributed by atoms with Crippen molar-refractivity contribution in [2.24, 2.45) is 5.92 Å². The zero-order valence-electron chi connectivity index (χ0n) is 19.7. The highest BCUT2D eigenvalue weighted by Gasteiger charge is 2.22. The molecule has 0 amide bonds. The normalized spacial score (nSPS) is 16.8. The van der Waals surface area contributed by atoms with Gasteiger partial charge in [-0.3, -0.25) is 0 Å².